The van der Waals surface area contributed by atoms with Crippen molar-refractivity contribution in [2.75, 3.05) is 33.9 Å². The van der Waals surface area contributed by atoms with Gasteiger partial charge in [-0.05, 0) is 6.07 Å². The fourth-order valence-corrected chi connectivity index (χ4v) is 2.61. The Kier molecular flexibility index (Phi) is 5.27. The van der Waals surface area contributed by atoms with Gasteiger partial charge in [0.2, 0.25) is 5.91 Å². The molecule has 0 spiro atoms. The molecule has 21 heavy (non-hydrogen) atoms. The van der Waals surface area contributed by atoms with Crippen molar-refractivity contribution in [2.45, 2.75) is 12.6 Å². The van der Waals surface area contributed by atoms with E-state index >= 15 is 0 Å². The number of primary amides is 1. The largest absolute Gasteiger partial charge is 0.493 e. The van der Waals surface area contributed by atoms with Gasteiger partial charge in [-0.3, -0.25) is 9.69 Å². The van der Waals surface area contributed by atoms with Crippen LogP contribution in [0.25, 0.3) is 0 Å². The molecule has 1 amide bonds. The van der Waals surface area contributed by atoms with Crippen LogP contribution in [0, 0.1) is 0 Å². The molecule has 1 heterocycles. The second-order valence-electron chi connectivity index (χ2n) is 4.80. The van der Waals surface area contributed by atoms with Crippen molar-refractivity contribution in [3.8, 4) is 11.5 Å². The molecule has 1 aromatic carbocycles. The number of carbonyl (C=O) groups excluding carboxylic acids is 1. The maximum Gasteiger partial charge on any atom is 0.247 e. The van der Waals surface area contributed by atoms with Crippen LogP contribution in [-0.4, -0.2) is 50.8 Å². The lowest BCUT2D eigenvalue weighted by molar-refractivity contribution is -0.135. The van der Waals surface area contributed by atoms with Gasteiger partial charge < -0.3 is 19.9 Å². The van der Waals surface area contributed by atoms with E-state index in [0.29, 0.717) is 42.8 Å². The van der Waals surface area contributed by atoms with Crippen molar-refractivity contribution >= 4 is 17.5 Å². The number of carbonyl (C=O) groups is 1. The highest BCUT2D eigenvalue weighted by molar-refractivity contribution is 6.30. The Morgan fingerprint density at radius 1 is 1.48 bits per heavy atom. The number of halogens is 1. The SMILES string of the molecule is COc1cc(Cl)cc(CN2CCO[C@H](C(N)=O)C2)c1OC. The third-order valence-corrected chi connectivity index (χ3v) is 3.60. The molecule has 1 aliphatic rings. The van der Waals surface area contributed by atoms with Gasteiger partial charge in [0.05, 0.1) is 20.8 Å². The van der Waals surface area contributed by atoms with E-state index < -0.39 is 12.0 Å². The minimum absolute atomic E-state index is 0.449. The molecule has 0 aromatic heterocycles. The van der Waals surface area contributed by atoms with Crippen LogP contribution in [0.5, 0.6) is 11.5 Å². The monoisotopic (exact) mass is 314 g/mol. The first-order valence-corrected chi connectivity index (χ1v) is 6.96. The maximum absolute atomic E-state index is 11.2. The van der Waals surface area contributed by atoms with E-state index in [1.54, 1.807) is 20.3 Å². The standard InChI is InChI=1S/C14H19ClN2O4/c1-19-11-6-10(15)5-9(13(11)20-2)7-17-3-4-21-12(8-17)14(16)18/h5-6,12H,3-4,7-8H2,1-2H3,(H2,16,18)/t12-/m0/s1. The topological polar surface area (TPSA) is 74.0 Å². The summed E-state index contributed by atoms with van der Waals surface area (Å²) in [5.41, 5.74) is 6.19. The number of morpholine rings is 1. The lowest BCUT2D eigenvalue weighted by Gasteiger charge is -2.31. The maximum atomic E-state index is 11.2. The summed E-state index contributed by atoms with van der Waals surface area (Å²) in [6.45, 7) is 2.20. The van der Waals surface area contributed by atoms with Crippen molar-refractivity contribution < 1.29 is 19.0 Å². The second kappa shape index (κ2) is 6.98. The predicted molar refractivity (Wildman–Crippen MR) is 78.8 cm³/mol. The summed E-state index contributed by atoms with van der Waals surface area (Å²) in [6, 6.07) is 3.53. The van der Waals surface area contributed by atoms with Crippen molar-refractivity contribution in [1.82, 2.24) is 4.90 Å². The van der Waals surface area contributed by atoms with Crippen molar-refractivity contribution in [1.29, 1.82) is 0 Å². The molecule has 0 bridgehead atoms. The normalized spacial score (nSPS) is 19.3. The van der Waals surface area contributed by atoms with Crippen LogP contribution in [-0.2, 0) is 16.1 Å². The van der Waals surface area contributed by atoms with E-state index in [0.717, 1.165) is 5.56 Å². The number of benzene rings is 1. The highest BCUT2D eigenvalue weighted by Gasteiger charge is 2.25. The molecule has 7 heteroatoms. The Morgan fingerprint density at radius 2 is 2.24 bits per heavy atom. The van der Waals surface area contributed by atoms with E-state index in [4.69, 9.17) is 31.5 Å². The van der Waals surface area contributed by atoms with E-state index in [-0.39, 0.29) is 0 Å². The van der Waals surface area contributed by atoms with Crippen LogP contribution in [0.3, 0.4) is 0 Å². The summed E-state index contributed by atoms with van der Waals surface area (Å²) in [5.74, 6) is 0.777. The van der Waals surface area contributed by atoms with Gasteiger partial charge in [-0.15, -0.1) is 0 Å². The summed E-state index contributed by atoms with van der Waals surface area (Å²) in [5, 5.41) is 0.572. The number of rotatable bonds is 5. The molecule has 6 nitrogen and oxygen atoms in total. The number of hydrogen-bond acceptors (Lipinski definition) is 5. The zero-order valence-corrected chi connectivity index (χ0v) is 12.9. The van der Waals surface area contributed by atoms with Crippen LogP contribution in [0.1, 0.15) is 5.56 Å². The van der Waals surface area contributed by atoms with Gasteiger partial charge in [-0.1, -0.05) is 11.6 Å². The quantitative estimate of drug-likeness (QED) is 0.879. The van der Waals surface area contributed by atoms with Crippen LogP contribution < -0.4 is 15.2 Å². The van der Waals surface area contributed by atoms with Crippen LogP contribution >= 0.6 is 11.6 Å². The summed E-state index contributed by atoms with van der Waals surface area (Å²) in [7, 11) is 3.15. The molecule has 0 radical (unpaired) electrons. The molecule has 1 aromatic rings. The average Bonchev–Trinajstić information content (AvgIpc) is 2.46. The predicted octanol–water partition coefficient (Wildman–Crippen LogP) is 1.04. The third kappa shape index (κ3) is 3.78. The number of hydrogen-bond donors (Lipinski definition) is 1. The molecular formula is C14H19ClN2O4. The van der Waals surface area contributed by atoms with E-state index in [2.05, 4.69) is 4.90 Å². The molecule has 0 aliphatic carbocycles. The average molecular weight is 315 g/mol. The Morgan fingerprint density at radius 3 is 2.86 bits per heavy atom. The Labute approximate surface area is 128 Å². The van der Waals surface area contributed by atoms with E-state index in [9.17, 15) is 4.79 Å². The molecular weight excluding hydrogens is 296 g/mol. The Bertz CT molecular complexity index is 524. The first-order chi connectivity index (χ1) is 10.0. The summed E-state index contributed by atoms with van der Waals surface area (Å²) in [4.78, 5) is 13.3. The zero-order chi connectivity index (χ0) is 15.4. The molecule has 1 atom stereocenters. The van der Waals surface area contributed by atoms with Crippen molar-refractivity contribution in [2.24, 2.45) is 5.73 Å². The van der Waals surface area contributed by atoms with Crippen LogP contribution in [0.2, 0.25) is 5.02 Å². The van der Waals surface area contributed by atoms with Crippen molar-refractivity contribution in [3.05, 3.63) is 22.7 Å². The number of nitrogens with zero attached hydrogens (tertiary/aromatic N) is 1. The molecule has 1 saturated heterocycles. The first kappa shape index (κ1) is 15.9. The van der Waals surface area contributed by atoms with Gasteiger partial charge in [0.1, 0.15) is 6.10 Å². The third-order valence-electron chi connectivity index (χ3n) is 3.38. The summed E-state index contributed by atoms with van der Waals surface area (Å²) in [6.07, 6.45) is -0.578. The molecule has 116 valence electrons. The van der Waals surface area contributed by atoms with Gasteiger partial charge in [0.15, 0.2) is 11.5 Å². The lowest BCUT2D eigenvalue weighted by Crippen LogP contribution is -2.47. The number of ether oxygens (including phenoxy) is 3. The van der Waals surface area contributed by atoms with Gasteiger partial charge in [0.25, 0.3) is 0 Å². The van der Waals surface area contributed by atoms with E-state index in [1.807, 2.05) is 6.07 Å². The van der Waals surface area contributed by atoms with Crippen LogP contribution in [0.4, 0.5) is 0 Å². The number of methoxy groups -OCH3 is 2. The Hall–Kier alpha value is -1.50. The Balaban J connectivity index is 2.18. The van der Waals surface area contributed by atoms with Gasteiger partial charge in [-0.25, -0.2) is 0 Å². The first-order valence-electron chi connectivity index (χ1n) is 6.58. The summed E-state index contributed by atoms with van der Waals surface area (Å²) < 4.78 is 16.0. The molecule has 0 saturated carbocycles. The molecule has 2 N–H and O–H groups in total. The van der Waals surface area contributed by atoms with Crippen molar-refractivity contribution in [3.63, 3.8) is 0 Å². The van der Waals surface area contributed by atoms with Crippen LogP contribution in [0.15, 0.2) is 12.1 Å². The molecule has 0 unspecified atom stereocenters. The molecule has 1 fully saturated rings. The zero-order valence-electron chi connectivity index (χ0n) is 12.1. The second-order valence-corrected chi connectivity index (χ2v) is 5.23. The van der Waals surface area contributed by atoms with Gasteiger partial charge >= 0.3 is 0 Å². The molecule has 2 rings (SSSR count). The summed E-state index contributed by atoms with van der Waals surface area (Å²) >= 11 is 6.10. The highest BCUT2D eigenvalue weighted by Crippen LogP contribution is 2.35. The van der Waals surface area contributed by atoms with Gasteiger partial charge in [0, 0.05) is 36.3 Å². The fraction of sp³-hybridized carbons (Fsp3) is 0.500. The number of amides is 1. The van der Waals surface area contributed by atoms with Gasteiger partial charge in [-0.2, -0.15) is 0 Å². The minimum atomic E-state index is -0.578. The minimum Gasteiger partial charge on any atom is -0.493 e. The fourth-order valence-electron chi connectivity index (χ4n) is 2.38. The van der Waals surface area contributed by atoms with E-state index in [1.165, 1.54) is 0 Å². The molecule has 1 aliphatic heterocycles. The number of nitrogens with two attached hydrogens (primary N) is 1. The highest BCUT2D eigenvalue weighted by atomic mass is 35.5. The smallest absolute Gasteiger partial charge is 0.247 e. The lowest BCUT2D eigenvalue weighted by atomic mass is 10.1.